The zero-order valence-corrected chi connectivity index (χ0v) is 11.0. The summed E-state index contributed by atoms with van der Waals surface area (Å²) in [6.07, 6.45) is 4.84. The Bertz CT molecular complexity index is 448. The maximum atomic E-state index is 12.2. The molecule has 1 spiro atoms. The van der Waals surface area contributed by atoms with Gasteiger partial charge in [-0.3, -0.25) is 4.79 Å². The molecule has 1 aromatic carbocycles. The first-order valence-corrected chi connectivity index (χ1v) is 7.15. The number of aliphatic hydroxyl groups is 1. The maximum Gasteiger partial charge on any atom is 0.312 e. The van der Waals surface area contributed by atoms with E-state index in [4.69, 9.17) is 4.74 Å². The Kier molecular flexibility index (Phi) is 3.31. The molecule has 1 aromatic rings. The zero-order chi connectivity index (χ0) is 13.3. The monoisotopic (exact) mass is 260 g/mol. The number of rotatable bonds is 2. The molecule has 3 heteroatoms. The average molecular weight is 260 g/mol. The fraction of sp³-hybridized carbons (Fsp3) is 0.562. The van der Waals surface area contributed by atoms with Gasteiger partial charge in [0.25, 0.3) is 0 Å². The highest BCUT2D eigenvalue weighted by Crippen LogP contribution is 2.48. The van der Waals surface area contributed by atoms with Crippen molar-refractivity contribution in [2.75, 3.05) is 0 Å². The molecule has 1 aliphatic carbocycles. The van der Waals surface area contributed by atoms with Crippen LogP contribution in [0.1, 0.15) is 50.2 Å². The quantitative estimate of drug-likeness (QED) is 0.831. The number of hydrogen-bond acceptors (Lipinski definition) is 3. The molecule has 19 heavy (non-hydrogen) atoms. The molecule has 2 fully saturated rings. The van der Waals surface area contributed by atoms with Crippen LogP contribution in [0.2, 0.25) is 0 Å². The van der Waals surface area contributed by atoms with Gasteiger partial charge in [0, 0.05) is 6.42 Å². The Morgan fingerprint density at radius 3 is 2.53 bits per heavy atom. The highest BCUT2D eigenvalue weighted by atomic mass is 16.6. The fourth-order valence-electron chi connectivity index (χ4n) is 3.45. The second-order valence-corrected chi connectivity index (χ2v) is 5.84. The van der Waals surface area contributed by atoms with Gasteiger partial charge in [0.2, 0.25) is 0 Å². The molecule has 2 aliphatic rings. The number of cyclic esters (lactones) is 1. The first-order chi connectivity index (χ1) is 9.21. The van der Waals surface area contributed by atoms with E-state index in [1.165, 1.54) is 6.42 Å². The van der Waals surface area contributed by atoms with Gasteiger partial charge in [-0.05, 0) is 18.4 Å². The lowest BCUT2D eigenvalue weighted by Crippen LogP contribution is -2.29. The van der Waals surface area contributed by atoms with Crippen LogP contribution in [0.15, 0.2) is 30.3 Å². The lowest BCUT2D eigenvalue weighted by molar-refractivity contribution is -0.153. The van der Waals surface area contributed by atoms with Gasteiger partial charge < -0.3 is 9.84 Å². The highest BCUT2D eigenvalue weighted by molar-refractivity contribution is 5.79. The minimum atomic E-state index is -0.702. The standard InChI is InChI=1S/C16H20O3/c17-14(12-7-3-1-4-8-12)13-11-16(15(18)19-13)9-5-2-6-10-16/h1,3-4,7-8,13-14,17H,2,5-6,9-11H2. The number of esters is 1. The third-order valence-corrected chi connectivity index (χ3v) is 4.59. The molecule has 1 N–H and O–H groups in total. The Hall–Kier alpha value is -1.35. The molecule has 0 radical (unpaired) electrons. The van der Waals surface area contributed by atoms with Crippen molar-refractivity contribution in [3.8, 4) is 0 Å². The Morgan fingerprint density at radius 1 is 1.16 bits per heavy atom. The van der Waals surface area contributed by atoms with Crippen LogP contribution in [0, 0.1) is 5.41 Å². The van der Waals surface area contributed by atoms with Gasteiger partial charge in [0.1, 0.15) is 12.2 Å². The summed E-state index contributed by atoms with van der Waals surface area (Å²) in [5, 5.41) is 10.4. The third-order valence-electron chi connectivity index (χ3n) is 4.59. The summed E-state index contributed by atoms with van der Waals surface area (Å²) in [5.74, 6) is -0.0906. The summed E-state index contributed by atoms with van der Waals surface area (Å²) in [5.41, 5.74) is 0.520. The molecule has 1 saturated carbocycles. The fourth-order valence-corrected chi connectivity index (χ4v) is 3.45. The molecule has 0 amide bonds. The van der Waals surface area contributed by atoms with Crippen molar-refractivity contribution in [1.29, 1.82) is 0 Å². The summed E-state index contributed by atoms with van der Waals surface area (Å²) >= 11 is 0. The van der Waals surface area contributed by atoms with E-state index in [-0.39, 0.29) is 17.5 Å². The molecule has 102 valence electrons. The lowest BCUT2D eigenvalue weighted by Gasteiger charge is -2.29. The number of ether oxygens (including phenoxy) is 1. The normalized spacial score (nSPS) is 27.2. The predicted octanol–water partition coefficient (Wildman–Crippen LogP) is 2.99. The van der Waals surface area contributed by atoms with Crippen molar-refractivity contribution >= 4 is 5.97 Å². The Balaban J connectivity index is 1.76. The minimum absolute atomic E-state index is 0.0906. The molecular formula is C16H20O3. The van der Waals surface area contributed by atoms with Crippen LogP contribution in [0.25, 0.3) is 0 Å². The second kappa shape index (κ2) is 4.97. The smallest absolute Gasteiger partial charge is 0.312 e. The second-order valence-electron chi connectivity index (χ2n) is 5.84. The minimum Gasteiger partial charge on any atom is -0.459 e. The van der Waals surface area contributed by atoms with Crippen LogP contribution in [0.5, 0.6) is 0 Å². The summed E-state index contributed by atoms with van der Waals surface area (Å²) in [6.45, 7) is 0. The molecule has 2 unspecified atom stereocenters. The number of benzene rings is 1. The Morgan fingerprint density at radius 2 is 1.84 bits per heavy atom. The molecule has 0 aromatic heterocycles. The molecule has 3 rings (SSSR count). The van der Waals surface area contributed by atoms with Crippen LogP contribution < -0.4 is 0 Å². The number of aliphatic hydroxyl groups excluding tert-OH is 1. The average Bonchev–Trinajstić information content (AvgIpc) is 2.77. The number of carbonyl (C=O) groups excluding carboxylic acids is 1. The van der Waals surface area contributed by atoms with E-state index in [0.29, 0.717) is 6.42 Å². The molecule has 3 nitrogen and oxygen atoms in total. The van der Waals surface area contributed by atoms with E-state index in [9.17, 15) is 9.90 Å². The molecule has 1 saturated heterocycles. The predicted molar refractivity (Wildman–Crippen MR) is 71.4 cm³/mol. The van der Waals surface area contributed by atoms with Gasteiger partial charge in [-0.15, -0.1) is 0 Å². The van der Waals surface area contributed by atoms with Crippen LogP contribution in [0.4, 0.5) is 0 Å². The van der Waals surface area contributed by atoms with E-state index in [0.717, 1.165) is 31.2 Å². The Labute approximate surface area is 113 Å². The largest absolute Gasteiger partial charge is 0.459 e. The SMILES string of the molecule is O=C1OC(C(O)c2ccccc2)CC12CCCCC2. The topological polar surface area (TPSA) is 46.5 Å². The van der Waals surface area contributed by atoms with E-state index < -0.39 is 6.10 Å². The summed E-state index contributed by atoms with van der Waals surface area (Å²) in [4.78, 5) is 12.2. The first kappa shape index (κ1) is 12.7. The van der Waals surface area contributed by atoms with Gasteiger partial charge in [-0.1, -0.05) is 49.6 Å². The van der Waals surface area contributed by atoms with Gasteiger partial charge in [-0.25, -0.2) is 0 Å². The van der Waals surface area contributed by atoms with Crippen molar-refractivity contribution < 1.29 is 14.6 Å². The van der Waals surface area contributed by atoms with Gasteiger partial charge in [0.15, 0.2) is 0 Å². The summed E-state index contributed by atoms with van der Waals surface area (Å²) in [7, 11) is 0. The van der Waals surface area contributed by atoms with E-state index in [1.807, 2.05) is 30.3 Å². The number of hydrogen-bond donors (Lipinski definition) is 1. The van der Waals surface area contributed by atoms with Crippen LogP contribution >= 0.6 is 0 Å². The summed E-state index contributed by atoms with van der Waals surface area (Å²) in [6, 6.07) is 9.46. The van der Waals surface area contributed by atoms with Crippen LogP contribution in [-0.2, 0) is 9.53 Å². The number of carbonyl (C=O) groups is 1. The van der Waals surface area contributed by atoms with E-state index in [1.54, 1.807) is 0 Å². The highest BCUT2D eigenvalue weighted by Gasteiger charge is 2.51. The molecule has 1 heterocycles. The molecule has 1 aliphatic heterocycles. The van der Waals surface area contributed by atoms with Crippen molar-refractivity contribution in [2.24, 2.45) is 5.41 Å². The molecule has 0 bridgehead atoms. The zero-order valence-electron chi connectivity index (χ0n) is 11.0. The van der Waals surface area contributed by atoms with Gasteiger partial charge in [-0.2, -0.15) is 0 Å². The molecule has 2 atom stereocenters. The van der Waals surface area contributed by atoms with Crippen molar-refractivity contribution in [3.63, 3.8) is 0 Å². The maximum absolute atomic E-state index is 12.2. The van der Waals surface area contributed by atoms with Crippen LogP contribution in [0.3, 0.4) is 0 Å². The van der Waals surface area contributed by atoms with Crippen molar-refractivity contribution in [1.82, 2.24) is 0 Å². The van der Waals surface area contributed by atoms with Crippen LogP contribution in [-0.4, -0.2) is 17.2 Å². The first-order valence-electron chi connectivity index (χ1n) is 7.15. The lowest BCUT2D eigenvalue weighted by atomic mass is 9.71. The van der Waals surface area contributed by atoms with E-state index >= 15 is 0 Å². The van der Waals surface area contributed by atoms with E-state index in [2.05, 4.69) is 0 Å². The third kappa shape index (κ3) is 2.27. The molecular weight excluding hydrogens is 240 g/mol. The van der Waals surface area contributed by atoms with Crippen molar-refractivity contribution in [3.05, 3.63) is 35.9 Å². The van der Waals surface area contributed by atoms with Gasteiger partial charge >= 0.3 is 5.97 Å². The van der Waals surface area contributed by atoms with Gasteiger partial charge in [0.05, 0.1) is 5.41 Å². The summed E-state index contributed by atoms with van der Waals surface area (Å²) < 4.78 is 5.48. The van der Waals surface area contributed by atoms with Crippen molar-refractivity contribution in [2.45, 2.75) is 50.7 Å².